The topological polar surface area (TPSA) is 66.6 Å². The molecule has 0 radical (unpaired) electrons. The van der Waals surface area contributed by atoms with Crippen LogP contribution in [-0.4, -0.2) is 28.8 Å². The third kappa shape index (κ3) is 5.04. The molecule has 2 aromatic heterocycles. The van der Waals surface area contributed by atoms with Gasteiger partial charge in [-0.15, -0.1) is 0 Å². The van der Waals surface area contributed by atoms with E-state index < -0.39 is 11.2 Å². The molecule has 1 N–H and O–H groups in total. The maximum Gasteiger partial charge on any atom is 0.338 e. The van der Waals surface area contributed by atoms with Crippen LogP contribution in [-0.2, 0) is 0 Å². The number of aromatic nitrogens is 1. The quantitative estimate of drug-likeness (QED) is 0.647. The Morgan fingerprint density at radius 1 is 1.07 bits per heavy atom. The van der Waals surface area contributed by atoms with Gasteiger partial charge in [0.1, 0.15) is 5.82 Å². The Morgan fingerprint density at radius 2 is 1.76 bits per heavy atom. The molecule has 3 aromatic rings. The summed E-state index contributed by atoms with van der Waals surface area (Å²) in [6.07, 6.45) is 0.694. The molecule has 4 rings (SSSR count). The van der Waals surface area contributed by atoms with Crippen LogP contribution in [0.5, 0.6) is 0 Å². The van der Waals surface area contributed by atoms with Gasteiger partial charge in [0.05, 0.1) is 5.60 Å². The van der Waals surface area contributed by atoms with E-state index in [2.05, 4.69) is 4.98 Å². The number of aliphatic hydroxyl groups is 1. The lowest BCUT2D eigenvalue weighted by atomic mass is 9.99. The predicted octanol–water partition coefficient (Wildman–Crippen LogP) is 5.18. The molecule has 1 unspecified atom stereocenters. The van der Waals surface area contributed by atoms with Gasteiger partial charge in [-0.25, -0.2) is 4.79 Å². The zero-order chi connectivity index (χ0) is 21.6. The largest absolute Gasteiger partial charge is 0.404 e. The number of anilines is 1. The Labute approximate surface area is 173 Å². The van der Waals surface area contributed by atoms with E-state index in [1.54, 1.807) is 0 Å². The van der Waals surface area contributed by atoms with Crippen LogP contribution >= 0.6 is 0 Å². The number of β-amino-alcohol motifs (C(OH)–C–C–N with tert-alkyl or cyclic N) is 1. The molecule has 1 atom stereocenters. The van der Waals surface area contributed by atoms with Crippen molar-refractivity contribution in [3.05, 3.63) is 58.4 Å². The average molecular weight is 397 g/mol. The number of hydrogen-bond acceptors (Lipinski definition) is 5. The maximum atomic E-state index is 12.1. The van der Waals surface area contributed by atoms with E-state index in [1.807, 2.05) is 82.8 Å². The maximum absolute atomic E-state index is 12.1. The molecule has 3 heterocycles. The minimum atomic E-state index is -0.708. The number of fused-ring (bicyclic) bond motifs is 1. The highest BCUT2D eigenvalue weighted by Gasteiger charge is 2.32. The van der Waals surface area contributed by atoms with Crippen molar-refractivity contribution < 1.29 is 9.52 Å². The van der Waals surface area contributed by atoms with Crippen molar-refractivity contribution in [2.75, 3.05) is 18.0 Å². The van der Waals surface area contributed by atoms with Gasteiger partial charge in [0.15, 0.2) is 0 Å². The molecule has 0 spiro atoms. The summed E-state index contributed by atoms with van der Waals surface area (Å²) >= 11 is 0. The summed E-state index contributed by atoms with van der Waals surface area (Å²) in [6, 6.07) is 13.3. The smallest absolute Gasteiger partial charge is 0.338 e. The van der Waals surface area contributed by atoms with Crippen LogP contribution in [0.4, 0.5) is 5.82 Å². The van der Waals surface area contributed by atoms with Crippen LogP contribution in [0.25, 0.3) is 22.2 Å². The third-order valence-corrected chi connectivity index (χ3v) is 4.81. The van der Waals surface area contributed by atoms with Crippen molar-refractivity contribution >= 4 is 16.9 Å². The lowest BCUT2D eigenvalue weighted by molar-refractivity contribution is 0.0839. The second kappa shape index (κ2) is 9.70. The summed E-state index contributed by atoms with van der Waals surface area (Å²) in [4.78, 5) is 18.6. The lowest BCUT2D eigenvalue weighted by Gasteiger charge is -2.20. The summed E-state index contributed by atoms with van der Waals surface area (Å²) in [5.41, 5.74) is 2.13. The normalized spacial score (nSPS) is 18.0. The Hall–Kier alpha value is -2.66. The minimum Gasteiger partial charge on any atom is -0.404 e. The van der Waals surface area contributed by atoms with E-state index in [4.69, 9.17) is 4.42 Å². The van der Waals surface area contributed by atoms with Crippen LogP contribution in [0.3, 0.4) is 0 Å². The molecule has 156 valence electrons. The molecular weight excluding hydrogens is 364 g/mol. The van der Waals surface area contributed by atoms with Crippen LogP contribution in [0.1, 0.15) is 46.6 Å². The van der Waals surface area contributed by atoms with Crippen molar-refractivity contribution in [3.8, 4) is 11.1 Å². The summed E-state index contributed by atoms with van der Waals surface area (Å²) < 4.78 is 5.36. The molecular formula is C24H32N2O3. The molecule has 5 nitrogen and oxygen atoms in total. The van der Waals surface area contributed by atoms with Gasteiger partial charge < -0.3 is 14.4 Å². The molecule has 0 aliphatic carbocycles. The van der Waals surface area contributed by atoms with E-state index in [0.29, 0.717) is 18.7 Å². The van der Waals surface area contributed by atoms with Gasteiger partial charge in [-0.05, 0) is 43.5 Å². The average Bonchev–Trinajstić information content (AvgIpc) is 3.10. The van der Waals surface area contributed by atoms with Gasteiger partial charge in [0.25, 0.3) is 0 Å². The highest BCUT2D eigenvalue weighted by Crippen LogP contribution is 2.31. The molecule has 1 aliphatic rings. The fourth-order valence-electron chi connectivity index (χ4n) is 3.45. The summed E-state index contributed by atoms with van der Waals surface area (Å²) in [5, 5.41) is 11.0. The molecule has 1 fully saturated rings. The molecule has 1 saturated heterocycles. The first-order chi connectivity index (χ1) is 13.9. The van der Waals surface area contributed by atoms with Gasteiger partial charge in [0.2, 0.25) is 5.71 Å². The first-order valence-electron chi connectivity index (χ1n) is 10.4. The summed E-state index contributed by atoms with van der Waals surface area (Å²) in [6.45, 7) is 13.1. The minimum absolute atomic E-state index is 0.329. The van der Waals surface area contributed by atoms with Crippen molar-refractivity contribution in [1.82, 2.24) is 4.98 Å². The third-order valence-electron chi connectivity index (χ3n) is 4.81. The Morgan fingerprint density at radius 3 is 2.38 bits per heavy atom. The number of rotatable bonds is 2. The van der Waals surface area contributed by atoms with Gasteiger partial charge >= 0.3 is 5.63 Å². The monoisotopic (exact) mass is 396 g/mol. The van der Waals surface area contributed by atoms with E-state index in [1.165, 1.54) is 6.07 Å². The lowest BCUT2D eigenvalue weighted by Crippen LogP contribution is -2.29. The Kier molecular flexibility index (Phi) is 7.57. The zero-order valence-corrected chi connectivity index (χ0v) is 18.3. The molecule has 1 aliphatic heterocycles. The Balaban J connectivity index is 0.000000707. The number of nitrogens with zero attached hydrogens (tertiary/aromatic N) is 2. The van der Waals surface area contributed by atoms with Crippen LogP contribution in [0, 0.1) is 6.92 Å². The molecule has 0 amide bonds. The zero-order valence-electron chi connectivity index (χ0n) is 18.3. The van der Waals surface area contributed by atoms with Gasteiger partial charge in [0, 0.05) is 30.1 Å². The van der Waals surface area contributed by atoms with Crippen LogP contribution < -0.4 is 10.5 Å². The Bertz CT molecular complexity index is 1010. The van der Waals surface area contributed by atoms with Crippen molar-refractivity contribution in [2.24, 2.45) is 0 Å². The van der Waals surface area contributed by atoms with Crippen molar-refractivity contribution in [2.45, 2.75) is 53.6 Å². The fraction of sp³-hybridized carbons (Fsp3) is 0.417. The number of benzene rings is 1. The second-order valence-electron chi connectivity index (χ2n) is 6.98. The molecule has 29 heavy (non-hydrogen) atoms. The summed E-state index contributed by atoms with van der Waals surface area (Å²) in [5.74, 6) is 0.718. The van der Waals surface area contributed by atoms with Gasteiger partial charge in [-0.3, -0.25) is 0 Å². The molecule has 0 bridgehead atoms. The summed E-state index contributed by atoms with van der Waals surface area (Å²) in [7, 11) is 0. The first-order valence-corrected chi connectivity index (χ1v) is 10.4. The van der Waals surface area contributed by atoms with E-state index in [0.717, 1.165) is 34.4 Å². The van der Waals surface area contributed by atoms with E-state index in [9.17, 15) is 9.90 Å². The number of aryl methyl sites for hydroxylation is 1. The highest BCUT2D eigenvalue weighted by molar-refractivity contribution is 5.93. The van der Waals surface area contributed by atoms with Crippen LogP contribution in [0.15, 0.2) is 51.7 Å². The SMILES string of the molecule is CC.CC.Cc1ccccc1-c1cc(=O)oc2nc(N3CCC(C)(O)C3)ccc12. The number of pyridine rings is 1. The van der Waals surface area contributed by atoms with Crippen molar-refractivity contribution in [1.29, 1.82) is 0 Å². The molecule has 0 saturated carbocycles. The predicted molar refractivity (Wildman–Crippen MR) is 121 cm³/mol. The standard InChI is InChI=1S/C20H20N2O3.2C2H6/c1-13-5-3-4-6-14(13)16-11-18(23)25-19-15(16)7-8-17(21-19)22-10-9-20(2,24)12-22;2*1-2/h3-8,11,24H,9-10,12H2,1-2H3;2*1-2H3. The second-order valence-corrected chi connectivity index (χ2v) is 6.98. The molecule has 5 heteroatoms. The first kappa shape index (κ1) is 22.6. The van der Waals surface area contributed by atoms with E-state index >= 15 is 0 Å². The molecule has 1 aromatic carbocycles. The highest BCUT2D eigenvalue weighted by atomic mass is 16.4. The number of hydrogen-bond donors (Lipinski definition) is 1. The van der Waals surface area contributed by atoms with Gasteiger partial charge in [-0.2, -0.15) is 4.98 Å². The van der Waals surface area contributed by atoms with Crippen molar-refractivity contribution in [3.63, 3.8) is 0 Å². The van der Waals surface area contributed by atoms with Crippen LogP contribution in [0.2, 0.25) is 0 Å². The van der Waals surface area contributed by atoms with Gasteiger partial charge in [-0.1, -0.05) is 52.0 Å². The van der Waals surface area contributed by atoms with E-state index in [-0.39, 0.29) is 0 Å². The fourth-order valence-corrected chi connectivity index (χ4v) is 3.45.